The molecule has 4 nitrogen and oxygen atoms in total. The van der Waals surface area contributed by atoms with Crippen LogP contribution in [0.4, 0.5) is 5.69 Å². The summed E-state index contributed by atoms with van der Waals surface area (Å²) in [7, 11) is 0. The lowest BCUT2D eigenvalue weighted by molar-refractivity contribution is -0.122. The molecule has 28 heavy (non-hydrogen) atoms. The van der Waals surface area contributed by atoms with Crippen LogP contribution in [0.5, 0.6) is 0 Å². The lowest BCUT2D eigenvalue weighted by Crippen LogP contribution is -2.35. The van der Waals surface area contributed by atoms with E-state index in [1.54, 1.807) is 0 Å². The summed E-state index contributed by atoms with van der Waals surface area (Å²) in [5.74, 6) is 0.359. The molecule has 0 radical (unpaired) electrons. The summed E-state index contributed by atoms with van der Waals surface area (Å²) in [4.78, 5) is 27.1. The summed E-state index contributed by atoms with van der Waals surface area (Å²) in [5, 5.41) is 2.91. The minimum atomic E-state index is 0.0194. The standard InChI is InChI=1S/C24H30N2O2/c1-18(2)25-23(27)16-19-12-14-22(15-13-19)26(17-20-8-4-3-5-9-20)24(28)21-10-6-7-11-21/h3-5,8-9,12-15,18,21H,6-7,10-11,16-17H2,1-2H3,(H,25,27). The average Bonchev–Trinajstić information content (AvgIpc) is 3.21. The van der Waals surface area contributed by atoms with Gasteiger partial charge in [0.1, 0.15) is 0 Å². The highest BCUT2D eigenvalue weighted by Crippen LogP contribution is 2.29. The van der Waals surface area contributed by atoms with E-state index in [1.807, 2.05) is 61.2 Å². The number of anilines is 1. The van der Waals surface area contributed by atoms with Gasteiger partial charge in [-0.2, -0.15) is 0 Å². The summed E-state index contributed by atoms with van der Waals surface area (Å²) in [5.41, 5.74) is 2.97. The number of amides is 2. The normalized spacial score (nSPS) is 14.2. The number of hydrogen-bond acceptors (Lipinski definition) is 2. The van der Waals surface area contributed by atoms with Gasteiger partial charge in [0.05, 0.1) is 13.0 Å². The third-order valence-corrected chi connectivity index (χ3v) is 5.22. The van der Waals surface area contributed by atoms with Crippen molar-refractivity contribution in [1.29, 1.82) is 0 Å². The number of nitrogens with zero attached hydrogens (tertiary/aromatic N) is 1. The van der Waals surface area contributed by atoms with E-state index in [0.717, 1.165) is 42.5 Å². The van der Waals surface area contributed by atoms with Gasteiger partial charge in [-0.05, 0) is 49.9 Å². The molecular formula is C24H30N2O2. The van der Waals surface area contributed by atoms with Crippen LogP contribution in [0, 0.1) is 5.92 Å². The van der Waals surface area contributed by atoms with Crippen LogP contribution in [0.15, 0.2) is 54.6 Å². The third-order valence-electron chi connectivity index (χ3n) is 5.22. The zero-order valence-corrected chi connectivity index (χ0v) is 16.9. The average molecular weight is 379 g/mol. The Morgan fingerprint density at radius 3 is 2.21 bits per heavy atom. The van der Waals surface area contributed by atoms with E-state index in [0.29, 0.717) is 13.0 Å². The van der Waals surface area contributed by atoms with Crippen molar-refractivity contribution in [2.45, 2.75) is 58.5 Å². The molecule has 0 unspecified atom stereocenters. The van der Waals surface area contributed by atoms with Crippen molar-refractivity contribution >= 4 is 17.5 Å². The molecule has 2 aromatic carbocycles. The molecule has 1 aliphatic rings. The van der Waals surface area contributed by atoms with Crippen LogP contribution in [0.2, 0.25) is 0 Å². The van der Waals surface area contributed by atoms with Gasteiger partial charge in [0, 0.05) is 17.6 Å². The Labute approximate surface area is 167 Å². The van der Waals surface area contributed by atoms with Gasteiger partial charge in [-0.15, -0.1) is 0 Å². The monoisotopic (exact) mass is 378 g/mol. The minimum absolute atomic E-state index is 0.0194. The summed E-state index contributed by atoms with van der Waals surface area (Å²) in [6.07, 6.45) is 4.60. The number of rotatable bonds is 7. The molecule has 0 saturated heterocycles. The Morgan fingerprint density at radius 1 is 0.964 bits per heavy atom. The zero-order valence-electron chi connectivity index (χ0n) is 16.9. The Hall–Kier alpha value is -2.62. The van der Waals surface area contributed by atoms with E-state index in [-0.39, 0.29) is 23.8 Å². The van der Waals surface area contributed by atoms with Crippen LogP contribution in [0.25, 0.3) is 0 Å². The highest BCUT2D eigenvalue weighted by Gasteiger charge is 2.28. The summed E-state index contributed by atoms with van der Waals surface area (Å²) in [6, 6.07) is 18.1. The quantitative estimate of drug-likeness (QED) is 0.772. The fourth-order valence-electron chi connectivity index (χ4n) is 3.81. The van der Waals surface area contributed by atoms with Crippen molar-refractivity contribution in [2.24, 2.45) is 5.92 Å². The van der Waals surface area contributed by atoms with Gasteiger partial charge in [0.2, 0.25) is 11.8 Å². The van der Waals surface area contributed by atoms with E-state index >= 15 is 0 Å². The van der Waals surface area contributed by atoms with E-state index in [1.165, 1.54) is 0 Å². The molecule has 148 valence electrons. The molecule has 1 N–H and O–H groups in total. The van der Waals surface area contributed by atoms with E-state index in [4.69, 9.17) is 0 Å². The Morgan fingerprint density at radius 2 is 1.61 bits per heavy atom. The van der Waals surface area contributed by atoms with Crippen LogP contribution in [-0.4, -0.2) is 17.9 Å². The second-order valence-corrected chi connectivity index (χ2v) is 7.96. The number of carbonyl (C=O) groups is 2. The lowest BCUT2D eigenvalue weighted by Gasteiger charge is -2.26. The largest absolute Gasteiger partial charge is 0.354 e. The summed E-state index contributed by atoms with van der Waals surface area (Å²) in [6.45, 7) is 4.48. The molecule has 0 atom stereocenters. The maximum atomic E-state index is 13.2. The minimum Gasteiger partial charge on any atom is -0.354 e. The van der Waals surface area contributed by atoms with Crippen molar-refractivity contribution in [3.8, 4) is 0 Å². The molecule has 1 aliphatic carbocycles. The Balaban J connectivity index is 1.77. The van der Waals surface area contributed by atoms with Gasteiger partial charge in [-0.25, -0.2) is 0 Å². The van der Waals surface area contributed by atoms with E-state index < -0.39 is 0 Å². The van der Waals surface area contributed by atoms with Gasteiger partial charge in [0.25, 0.3) is 0 Å². The maximum absolute atomic E-state index is 13.2. The van der Waals surface area contributed by atoms with E-state index in [2.05, 4.69) is 17.4 Å². The van der Waals surface area contributed by atoms with Gasteiger partial charge >= 0.3 is 0 Å². The van der Waals surface area contributed by atoms with Crippen LogP contribution < -0.4 is 10.2 Å². The molecule has 0 heterocycles. The molecule has 0 aromatic heterocycles. The van der Waals surface area contributed by atoms with Crippen molar-refractivity contribution in [3.63, 3.8) is 0 Å². The smallest absolute Gasteiger partial charge is 0.230 e. The Kier molecular flexibility index (Phi) is 6.85. The van der Waals surface area contributed by atoms with Gasteiger partial charge in [-0.1, -0.05) is 55.3 Å². The zero-order chi connectivity index (χ0) is 19.9. The van der Waals surface area contributed by atoms with Crippen molar-refractivity contribution in [1.82, 2.24) is 5.32 Å². The first-order valence-corrected chi connectivity index (χ1v) is 10.3. The highest BCUT2D eigenvalue weighted by molar-refractivity contribution is 5.95. The fraction of sp³-hybridized carbons (Fsp3) is 0.417. The third kappa shape index (κ3) is 5.44. The van der Waals surface area contributed by atoms with Gasteiger partial charge < -0.3 is 10.2 Å². The molecule has 1 saturated carbocycles. The summed E-state index contributed by atoms with van der Waals surface area (Å²) < 4.78 is 0. The SMILES string of the molecule is CC(C)NC(=O)Cc1ccc(N(Cc2ccccc2)C(=O)C2CCCC2)cc1. The highest BCUT2D eigenvalue weighted by atomic mass is 16.2. The fourth-order valence-corrected chi connectivity index (χ4v) is 3.81. The molecule has 1 fully saturated rings. The lowest BCUT2D eigenvalue weighted by atomic mass is 10.0. The molecule has 0 spiro atoms. The second-order valence-electron chi connectivity index (χ2n) is 7.96. The van der Waals surface area contributed by atoms with Crippen molar-refractivity contribution < 1.29 is 9.59 Å². The number of benzene rings is 2. The molecule has 0 bridgehead atoms. The number of hydrogen-bond donors (Lipinski definition) is 1. The predicted octanol–water partition coefficient (Wildman–Crippen LogP) is 4.48. The Bertz CT molecular complexity index is 778. The predicted molar refractivity (Wildman–Crippen MR) is 113 cm³/mol. The maximum Gasteiger partial charge on any atom is 0.230 e. The second kappa shape index (κ2) is 9.54. The first kappa shape index (κ1) is 20.1. The number of nitrogens with one attached hydrogen (secondary N) is 1. The van der Waals surface area contributed by atoms with Crippen LogP contribution in [0.3, 0.4) is 0 Å². The topological polar surface area (TPSA) is 49.4 Å². The molecule has 2 aromatic rings. The van der Waals surface area contributed by atoms with E-state index in [9.17, 15) is 9.59 Å². The summed E-state index contributed by atoms with van der Waals surface area (Å²) >= 11 is 0. The van der Waals surface area contributed by atoms with Gasteiger partial charge in [0.15, 0.2) is 0 Å². The number of carbonyl (C=O) groups excluding carboxylic acids is 2. The molecule has 3 rings (SSSR count). The first-order chi connectivity index (χ1) is 13.5. The molecular weight excluding hydrogens is 348 g/mol. The van der Waals surface area contributed by atoms with Crippen molar-refractivity contribution in [2.75, 3.05) is 4.90 Å². The molecule has 0 aliphatic heterocycles. The first-order valence-electron chi connectivity index (χ1n) is 10.3. The molecule has 2 amide bonds. The van der Waals surface area contributed by atoms with Crippen LogP contribution in [0.1, 0.15) is 50.7 Å². The van der Waals surface area contributed by atoms with Crippen LogP contribution in [-0.2, 0) is 22.6 Å². The molecule has 4 heteroatoms. The van der Waals surface area contributed by atoms with Crippen LogP contribution >= 0.6 is 0 Å². The van der Waals surface area contributed by atoms with Crippen molar-refractivity contribution in [3.05, 3.63) is 65.7 Å². The van der Waals surface area contributed by atoms with Gasteiger partial charge in [-0.3, -0.25) is 9.59 Å².